The summed E-state index contributed by atoms with van der Waals surface area (Å²) in [7, 11) is 0. The van der Waals surface area contributed by atoms with Gasteiger partial charge < -0.3 is 15.2 Å². The van der Waals surface area contributed by atoms with E-state index in [2.05, 4.69) is 5.32 Å². The molecule has 0 radical (unpaired) electrons. The molecule has 0 bridgehead atoms. The highest BCUT2D eigenvalue weighted by Gasteiger charge is 2.05. The number of carbonyl (C=O) groups is 2. The summed E-state index contributed by atoms with van der Waals surface area (Å²) in [6, 6.07) is 5.99. The molecular weight excluding hydrogens is 241 g/mol. The molecule has 0 aliphatic rings. The number of carboxylic acids is 1. The summed E-state index contributed by atoms with van der Waals surface area (Å²) in [6.45, 7) is -0.200. The van der Waals surface area contributed by atoms with Gasteiger partial charge in [-0.1, -0.05) is 12.1 Å². The molecule has 1 aromatic rings. The van der Waals surface area contributed by atoms with Crippen LogP contribution in [0.25, 0.3) is 0 Å². The molecule has 0 atom stereocenters. The average Bonchev–Trinajstić information content (AvgIpc) is 2.34. The first-order valence-electron chi connectivity index (χ1n) is 5.45. The van der Waals surface area contributed by atoms with Crippen molar-refractivity contribution in [3.63, 3.8) is 0 Å². The number of hydrogen-bond donors (Lipinski definition) is 2. The van der Waals surface area contributed by atoms with Crippen molar-refractivity contribution in [3.8, 4) is 5.75 Å². The minimum atomic E-state index is -1.09. The molecular formula is C12H14FNO4. The highest BCUT2D eigenvalue weighted by molar-refractivity contribution is 5.80. The lowest BCUT2D eigenvalue weighted by Crippen LogP contribution is -2.29. The van der Waals surface area contributed by atoms with Gasteiger partial charge in [-0.3, -0.25) is 9.59 Å². The fourth-order valence-corrected chi connectivity index (χ4v) is 1.24. The van der Waals surface area contributed by atoms with E-state index in [9.17, 15) is 14.0 Å². The number of para-hydroxylation sites is 1. The summed E-state index contributed by atoms with van der Waals surface area (Å²) in [6.07, 6.45) is 0.529. The van der Waals surface area contributed by atoms with Gasteiger partial charge in [-0.05, 0) is 18.6 Å². The predicted octanol–water partition coefficient (Wildman–Crippen LogP) is 1.19. The largest absolute Gasteiger partial charge is 0.491 e. The molecule has 0 saturated heterocycles. The third-order valence-electron chi connectivity index (χ3n) is 2.08. The molecule has 18 heavy (non-hydrogen) atoms. The fourth-order valence-electron chi connectivity index (χ4n) is 1.24. The van der Waals surface area contributed by atoms with Crippen LogP contribution in [0.4, 0.5) is 4.39 Å². The summed E-state index contributed by atoms with van der Waals surface area (Å²) in [5, 5.41) is 10.6. The molecule has 0 aliphatic carbocycles. The first-order chi connectivity index (χ1) is 8.59. The second kappa shape index (κ2) is 7.26. The topological polar surface area (TPSA) is 75.6 Å². The van der Waals surface area contributed by atoms with Crippen LogP contribution in [0.2, 0.25) is 0 Å². The average molecular weight is 255 g/mol. The van der Waals surface area contributed by atoms with Gasteiger partial charge in [0, 0.05) is 6.42 Å². The molecule has 0 aliphatic heterocycles. The van der Waals surface area contributed by atoms with Crippen molar-refractivity contribution in [1.82, 2.24) is 5.32 Å². The fraction of sp³-hybridized carbons (Fsp3) is 0.333. The maximum Gasteiger partial charge on any atom is 0.322 e. The van der Waals surface area contributed by atoms with Crippen LogP contribution < -0.4 is 10.1 Å². The third kappa shape index (κ3) is 5.29. The number of rotatable bonds is 7. The van der Waals surface area contributed by atoms with E-state index in [1.165, 1.54) is 12.1 Å². The number of carboxylic acid groups (broad SMARTS) is 1. The van der Waals surface area contributed by atoms with E-state index in [-0.39, 0.29) is 24.7 Å². The Morgan fingerprint density at radius 1 is 1.33 bits per heavy atom. The lowest BCUT2D eigenvalue weighted by atomic mass is 10.3. The molecule has 1 amide bonds. The molecule has 0 fully saturated rings. The van der Waals surface area contributed by atoms with Gasteiger partial charge >= 0.3 is 5.97 Å². The minimum absolute atomic E-state index is 0.141. The number of hydrogen-bond acceptors (Lipinski definition) is 3. The second-order valence-electron chi connectivity index (χ2n) is 3.55. The van der Waals surface area contributed by atoms with E-state index >= 15 is 0 Å². The Hall–Kier alpha value is -2.11. The van der Waals surface area contributed by atoms with E-state index in [4.69, 9.17) is 9.84 Å². The molecule has 0 spiro atoms. The maximum absolute atomic E-state index is 13.1. The first-order valence-corrected chi connectivity index (χ1v) is 5.45. The zero-order valence-electron chi connectivity index (χ0n) is 9.69. The van der Waals surface area contributed by atoms with Gasteiger partial charge in [0.15, 0.2) is 11.6 Å². The van der Waals surface area contributed by atoms with Crippen LogP contribution >= 0.6 is 0 Å². The Labute approximate surface area is 104 Å². The van der Waals surface area contributed by atoms with Crippen LogP contribution in [-0.2, 0) is 9.59 Å². The Bertz CT molecular complexity index is 422. The highest BCUT2D eigenvalue weighted by Crippen LogP contribution is 2.15. The van der Waals surface area contributed by atoms with Crippen molar-refractivity contribution in [3.05, 3.63) is 30.1 Å². The zero-order chi connectivity index (χ0) is 13.4. The number of nitrogens with one attached hydrogen (secondary N) is 1. The summed E-state index contributed by atoms with van der Waals surface area (Å²) in [5.74, 6) is -1.77. The maximum atomic E-state index is 13.1. The molecule has 98 valence electrons. The number of ether oxygens (including phenoxy) is 1. The molecule has 0 saturated carbocycles. The third-order valence-corrected chi connectivity index (χ3v) is 2.08. The van der Waals surface area contributed by atoms with Crippen molar-refractivity contribution in [1.29, 1.82) is 0 Å². The van der Waals surface area contributed by atoms with Gasteiger partial charge in [0.1, 0.15) is 6.54 Å². The van der Waals surface area contributed by atoms with E-state index in [1.54, 1.807) is 12.1 Å². The highest BCUT2D eigenvalue weighted by atomic mass is 19.1. The Morgan fingerprint density at radius 3 is 2.72 bits per heavy atom. The minimum Gasteiger partial charge on any atom is -0.491 e. The van der Waals surface area contributed by atoms with Crippen LogP contribution in [0, 0.1) is 5.82 Å². The number of carbonyl (C=O) groups excluding carboxylic acids is 1. The molecule has 1 rings (SSSR count). The number of benzene rings is 1. The second-order valence-corrected chi connectivity index (χ2v) is 3.55. The Morgan fingerprint density at radius 2 is 2.06 bits per heavy atom. The molecule has 1 aromatic carbocycles. The monoisotopic (exact) mass is 255 g/mol. The smallest absolute Gasteiger partial charge is 0.322 e. The van der Waals surface area contributed by atoms with Gasteiger partial charge in [-0.25, -0.2) is 4.39 Å². The Kier molecular flexibility index (Phi) is 5.63. The van der Waals surface area contributed by atoms with Crippen molar-refractivity contribution in [2.45, 2.75) is 12.8 Å². The van der Waals surface area contributed by atoms with Crippen LogP contribution in [0.15, 0.2) is 24.3 Å². The zero-order valence-corrected chi connectivity index (χ0v) is 9.69. The van der Waals surface area contributed by atoms with Crippen LogP contribution in [0.5, 0.6) is 5.75 Å². The SMILES string of the molecule is O=C(O)CNC(=O)CCCOc1ccccc1F. The first kappa shape index (κ1) is 14.0. The van der Waals surface area contributed by atoms with Crippen molar-refractivity contribution in [2.24, 2.45) is 0 Å². The number of amides is 1. The van der Waals surface area contributed by atoms with E-state index in [0.717, 1.165) is 0 Å². The summed E-state index contributed by atoms with van der Waals surface area (Å²) < 4.78 is 18.3. The van der Waals surface area contributed by atoms with Crippen LogP contribution in [0.1, 0.15) is 12.8 Å². The lowest BCUT2D eigenvalue weighted by Gasteiger charge is -2.06. The summed E-state index contributed by atoms with van der Waals surface area (Å²) in [5.41, 5.74) is 0. The number of halogens is 1. The predicted molar refractivity (Wildman–Crippen MR) is 61.8 cm³/mol. The van der Waals surface area contributed by atoms with Crippen molar-refractivity contribution < 1.29 is 23.8 Å². The van der Waals surface area contributed by atoms with Gasteiger partial charge in [0.05, 0.1) is 6.61 Å². The van der Waals surface area contributed by atoms with E-state index in [0.29, 0.717) is 6.42 Å². The van der Waals surface area contributed by atoms with Crippen LogP contribution in [-0.4, -0.2) is 30.1 Å². The molecule has 0 heterocycles. The van der Waals surface area contributed by atoms with Gasteiger partial charge in [-0.2, -0.15) is 0 Å². The number of aliphatic carboxylic acids is 1. The van der Waals surface area contributed by atoms with Crippen molar-refractivity contribution in [2.75, 3.05) is 13.2 Å². The molecule has 2 N–H and O–H groups in total. The quantitative estimate of drug-likeness (QED) is 0.717. The molecule has 6 heteroatoms. The lowest BCUT2D eigenvalue weighted by molar-refractivity contribution is -0.137. The van der Waals surface area contributed by atoms with Gasteiger partial charge in [0.25, 0.3) is 0 Å². The van der Waals surface area contributed by atoms with Gasteiger partial charge in [0.2, 0.25) is 5.91 Å². The van der Waals surface area contributed by atoms with E-state index < -0.39 is 18.3 Å². The molecule has 5 nitrogen and oxygen atoms in total. The normalized spacial score (nSPS) is 9.83. The van der Waals surface area contributed by atoms with Crippen molar-refractivity contribution >= 4 is 11.9 Å². The van der Waals surface area contributed by atoms with E-state index in [1.807, 2.05) is 0 Å². The molecule has 0 unspecified atom stereocenters. The summed E-state index contributed by atoms with van der Waals surface area (Å²) >= 11 is 0. The van der Waals surface area contributed by atoms with Crippen LogP contribution in [0.3, 0.4) is 0 Å². The summed E-state index contributed by atoms with van der Waals surface area (Å²) in [4.78, 5) is 21.3. The van der Waals surface area contributed by atoms with Gasteiger partial charge in [-0.15, -0.1) is 0 Å². The molecule has 0 aromatic heterocycles. The standard InChI is InChI=1S/C12H14FNO4/c13-9-4-1-2-5-10(9)18-7-3-6-11(15)14-8-12(16)17/h1-2,4-5H,3,6-8H2,(H,14,15)(H,16,17). The Balaban J connectivity index is 2.17.